The average molecular weight is 174 g/mol. The molecule has 1 N–H and O–H groups in total. The number of hydrogen-bond acceptors (Lipinski definition) is 1. The zero-order valence-corrected chi connectivity index (χ0v) is 7.70. The van der Waals surface area contributed by atoms with Crippen LogP contribution in [0.3, 0.4) is 0 Å². The minimum atomic E-state index is -0.0289. The average Bonchev–Trinajstić information content (AvgIpc) is 2.02. The molecule has 0 radical (unpaired) electrons. The number of H-pyrrole nitrogens is 1. The topological polar surface area (TPSA) is 32.9 Å². The lowest BCUT2D eigenvalue weighted by molar-refractivity contribution is 1.23. The minimum Gasteiger partial charge on any atom is -0.352 e. The van der Waals surface area contributed by atoms with Crippen LogP contribution < -0.4 is 5.43 Å². The van der Waals surface area contributed by atoms with Crippen LogP contribution in [0.25, 0.3) is 0 Å². The molecule has 62 valence electrons. The van der Waals surface area contributed by atoms with Gasteiger partial charge in [-0.05, 0) is 6.92 Å². The lowest BCUT2D eigenvalue weighted by Gasteiger charge is -1.89. The molecule has 0 aliphatic heterocycles. The molecule has 0 amide bonds. The van der Waals surface area contributed by atoms with Crippen LogP contribution in [0.4, 0.5) is 0 Å². The van der Waals surface area contributed by atoms with Crippen LogP contribution in [-0.2, 0) is 0 Å². The van der Waals surface area contributed by atoms with Gasteiger partial charge in [0.1, 0.15) is 5.15 Å². The second-order valence-electron chi connectivity index (χ2n) is 1.83. The molecule has 1 rings (SSSR count). The summed E-state index contributed by atoms with van der Waals surface area (Å²) in [6, 6.07) is 1.36. The maximum Gasteiger partial charge on any atom is 0.185 e. The second kappa shape index (κ2) is 4.97. The van der Waals surface area contributed by atoms with Gasteiger partial charge >= 0.3 is 0 Å². The van der Waals surface area contributed by atoms with E-state index in [1.54, 1.807) is 13.1 Å². The molecule has 0 aliphatic carbocycles. The summed E-state index contributed by atoms with van der Waals surface area (Å²) in [6.45, 7) is 5.73. The Labute approximate surface area is 71.2 Å². The zero-order valence-electron chi connectivity index (χ0n) is 6.94. The SMILES string of the molecule is CC.Cc1c[nH]c(Cl)cc1=O. The van der Waals surface area contributed by atoms with Gasteiger partial charge < -0.3 is 4.98 Å². The van der Waals surface area contributed by atoms with Gasteiger partial charge in [-0.3, -0.25) is 4.79 Å². The molecule has 1 aromatic rings. The molecule has 0 spiro atoms. The molecule has 0 saturated heterocycles. The lowest BCUT2D eigenvalue weighted by atomic mass is 10.3. The summed E-state index contributed by atoms with van der Waals surface area (Å²) in [6.07, 6.45) is 1.59. The third-order valence-corrected chi connectivity index (χ3v) is 1.29. The summed E-state index contributed by atoms with van der Waals surface area (Å²) in [5.74, 6) is 0. The molecule has 0 unspecified atom stereocenters. The Hall–Kier alpha value is -0.760. The van der Waals surface area contributed by atoms with E-state index in [0.29, 0.717) is 10.7 Å². The smallest absolute Gasteiger partial charge is 0.185 e. The number of hydrogen-bond donors (Lipinski definition) is 1. The molecule has 11 heavy (non-hydrogen) atoms. The molecular formula is C8H12ClNO. The van der Waals surface area contributed by atoms with Gasteiger partial charge in [0.25, 0.3) is 0 Å². The van der Waals surface area contributed by atoms with Gasteiger partial charge in [-0.2, -0.15) is 0 Å². The predicted octanol–water partition coefficient (Wildman–Crippen LogP) is 2.36. The quantitative estimate of drug-likeness (QED) is 0.601. The van der Waals surface area contributed by atoms with E-state index in [2.05, 4.69) is 4.98 Å². The molecule has 1 aromatic heterocycles. The van der Waals surface area contributed by atoms with Crippen molar-refractivity contribution in [1.82, 2.24) is 4.98 Å². The highest BCUT2D eigenvalue weighted by molar-refractivity contribution is 6.29. The fraction of sp³-hybridized carbons (Fsp3) is 0.375. The van der Waals surface area contributed by atoms with Crippen molar-refractivity contribution >= 4 is 11.6 Å². The molecule has 3 heteroatoms. The molecule has 0 saturated carbocycles. The summed E-state index contributed by atoms with van der Waals surface area (Å²) < 4.78 is 0. The number of aromatic amines is 1. The normalized spacial score (nSPS) is 8.36. The van der Waals surface area contributed by atoms with Crippen molar-refractivity contribution in [2.24, 2.45) is 0 Å². The zero-order chi connectivity index (χ0) is 8.85. The van der Waals surface area contributed by atoms with Gasteiger partial charge in [0.05, 0.1) is 0 Å². The van der Waals surface area contributed by atoms with E-state index in [0.717, 1.165) is 0 Å². The van der Waals surface area contributed by atoms with Gasteiger partial charge in [0.2, 0.25) is 0 Å². The second-order valence-corrected chi connectivity index (χ2v) is 2.24. The number of rotatable bonds is 0. The van der Waals surface area contributed by atoms with E-state index in [-0.39, 0.29) is 5.43 Å². The van der Waals surface area contributed by atoms with E-state index < -0.39 is 0 Å². The predicted molar refractivity (Wildman–Crippen MR) is 48.2 cm³/mol. The third kappa shape index (κ3) is 3.23. The summed E-state index contributed by atoms with van der Waals surface area (Å²) >= 11 is 5.46. The van der Waals surface area contributed by atoms with Crippen molar-refractivity contribution < 1.29 is 0 Å². The first-order valence-corrected chi connectivity index (χ1v) is 3.93. The van der Waals surface area contributed by atoms with Gasteiger partial charge in [-0.15, -0.1) is 0 Å². The van der Waals surface area contributed by atoms with Crippen LogP contribution in [-0.4, -0.2) is 4.98 Å². The maximum absolute atomic E-state index is 10.7. The van der Waals surface area contributed by atoms with E-state index in [4.69, 9.17) is 11.6 Å². The first kappa shape index (κ1) is 10.2. The summed E-state index contributed by atoms with van der Waals surface area (Å²) in [7, 11) is 0. The van der Waals surface area contributed by atoms with Crippen LogP contribution in [0.5, 0.6) is 0 Å². The van der Waals surface area contributed by atoms with Crippen molar-refractivity contribution in [2.45, 2.75) is 20.8 Å². The van der Waals surface area contributed by atoms with Gasteiger partial charge in [0, 0.05) is 17.8 Å². The standard InChI is InChI=1S/C6H6ClNO.C2H6/c1-4-3-8-6(7)2-5(4)9;1-2/h2-3H,1H3,(H,8,9);1-2H3. The Morgan fingerprint density at radius 3 is 2.36 bits per heavy atom. The van der Waals surface area contributed by atoms with Crippen LogP contribution in [0.1, 0.15) is 19.4 Å². The van der Waals surface area contributed by atoms with Crippen LogP contribution in [0.2, 0.25) is 5.15 Å². The first-order valence-electron chi connectivity index (χ1n) is 3.55. The lowest BCUT2D eigenvalue weighted by Crippen LogP contribution is -2.02. The Kier molecular flexibility index (Phi) is 4.62. The Balaban J connectivity index is 0.000000461. The molecule has 0 fully saturated rings. The van der Waals surface area contributed by atoms with Crippen molar-refractivity contribution in [3.05, 3.63) is 33.2 Å². The van der Waals surface area contributed by atoms with Crippen molar-refractivity contribution in [3.8, 4) is 0 Å². The van der Waals surface area contributed by atoms with Crippen molar-refractivity contribution in [3.63, 3.8) is 0 Å². The fourth-order valence-electron chi connectivity index (χ4n) is 0.519. The van der Waals surface area contributed by atoms with Gasteiger partial charge in [-0.1, -0.05) is 25.4 Å². The number of halogens is 1. The fourth-order valence-corrected chi connectivity index (χ4v) is 0.673. The Bertz CT molecular complexity index is 267. The van der Waals surface area contributed by atoms with Crippen molar-refractivity contribution in [2.75, 3.05) is 0 Å². The molecule has 1 heterocycles. The summed E-state index contributed by atoms with van der Waals surface area (Å²) in [4.78, 5) is 13.4. The molecule has 0 aliphatic rings. The maximum atomic E-state index is 10.7. The third-order valence-electron chi connectivity index (χ3n) is 1.07. The Morgan fingerprint density at radius 1 is 1.45 bits per heavy atom. The molecular weight excluding hydrogens is 162 g/mol. The molecule has 0 bridgehead atoms. The number of nitrogens with one attached hydrogen (secondary N) is 1. The van der Waals surface area contributed by atoms with Crippen LogP contribution >= 0.6 is 11.6 Å². The van der Waals surface area contributed by atoms with E-state index in [9.17, 15) is 4.79 Å². The number of aryl methyl sites for hydroxylation is 1. The van der Waals surface area contributed by atoms with E-state index >= 15 is 0 Å². The first-order chi connectivity index (χ1) is 5.20. The molecule has 2 nitrogen and oxygen atoms in total. The van der Waals surface area contributed by atoms with Crippen LogP contribution in [0.15, 0.2) is 17.1 Å². The van der Waals surface area contributed by atoms with Gasteiger partial charge in [0.15, 0.2) is 5.43 Å². The number of aromatic nitrogens is 1. The summed E-state index contributed by atoms with van der Waals surface area (Å²) in [5.41, 5.74) is 0.651. The summed E-state index contributed by atoms with van der Waals surface area (Å²) in [5, 5.41) is 0.380. The van der Waals surface area contributed by atoms with Crippen molar-refractivity contribution in [1.29, 1.82) is 0 Å². The number of pyridine rings is 1. The highest BCUT2D eigenvalue weighted by Crippen LogP contribution is 1.97. The molecule has 0 aromatic carbocycles. The highest BCUT2D eigenvalue weighted by Gasteiger charge is 1.90. The van der Waals surface area contributed by atoms with Gasteiger partial charge in [-0.25, -0.2) is 0 Å². The Morgan fingerprint density at radius 2 is 2.00 bits per heavy atom. The largest absolute Gasteiger partial charge is 0.352 e. The van der Waals surface area contributed by atoms with E-state index in [1.807, 2.05) is 13.8 Å². The monoisotopic (exact) mass is 173 g/mol. The van der Waals surface area contributed by atoms with Crippen LogP contribution in [0, 0.1) is 6.92 Å². The highest BCUT2D eigenvalue weighted by atomic mass is 35.5. The van der Waals surface area contributed by atoms with E-state index in [1.165, 1.54) is 6.07 Å². The minimum absolute atomic E-state index is 0.0289. The molecule has 0 atom stereocenters.